The van der Waals surface area contributed by atoms with Crippen molar-refractivity contribution in [1.29, 1.82) is 0 Å². The molecule has 256 valence electrons. The number of hydrogen-bond donors (Lipinski definition) is 0. The van der Waals surface area contributed by atoms with E-state index in [1.807, 2.05) is 24.3 Å². The molecule has 0 saturated carbocycles. The molecule has 3 aromatic carbocycles. The summed E-state index contributed by atoms with van der Waals surface area (Å²) in [5.41, 5.74) is 4.11. The normalized spacial score (nSPS) is 11.1. The molecule has 0 spiro atoms. The van der Waals surface area contributed by atoms with E-state index < -0.39 is 0 Å². The van der Waals surface area contributed by atoms with Gasteiger partial charge >= 0.3 is 0 Å². The minimum Gasteiger partial charge on any atom is -0.496 e. The van der Waals surface area contributed by atoms with E-state index in [2.05, 4.69) is 75.9 Å². The van der Waals surface area contributed by atoms with Gasteiger partial charge in [0.05, 0.1) is 26.9 Å². The summed E-state index contributed by atoms with van der Waals surface area (Å²) in [5, 5.41) is 0. The summed E-state index contributed by atoms with van der Waals surface area (Å²) in [5.74, 6) is 3.74. The van der Waals surface area contributed by atoms with Crippen LogP contribution in [0.3, 0.4) is 0 Å². The fourth-order valence-corrected chi connectivity index (χ4v) is 5.22. The third kappa shape index (κ3) is 13.8. The number of benzene rings is 3. The highest BCUT2D eigenvalue weighted by Crippen LogP contribution is 2.40. The van der Waals surface area contributed by atoms with Gasteiger partial charge < -0.3 is 23.7 Å². The van der Waals surface area contributed by atoms with Crippen molar-refractivity contribution < 1.29 is 23.7 Å². The summed E-state index contributed by atoms with van der Waals surface area (Å²) in [7, 11) is 1.69. The lowest BCUT2D eigenvalue weighted by molar-refractivity contribution is 0.232. The first-order chi connectivity index (χ1) is 23.1. The standard InChI is InChI=1S/C42H58O5/c1-6-10-13-16-27-44-40-30-36(31-41(45-28-17-14-11-7-2)42(40)46-29-18-15-12-8-3)33-47-38-25-26-39(43-5)37(32-38)24-23-35-21-19-34(9-4)20-22-35/h9,19-26,30-32H,4,6-8,10-18,27-29,33H2,1-3,5H3. The van der Waals surface area contributed by atoms with Crippen molar-refractivity contribution in [2.75, 3.05) is 26.9 Å². The molecule has 0 unspecified atom stereocenters. The van der Waals surface area contributed by atoms with Gasteiger partial charge in [0, 0.05) is 5.56 Å². The number of methoxy groups -OCH3 is 1. The molecule has 5 heteroatoms. The van der Waals surface area contributed by atoms with Crippen molar-refractivity contribution in [3.63, 3.8) is 0 Å². The van der Waals surface area contributed by atoms with Gasteiger partial charge in [-0.05, 0) is 66.3 Å². The molecule has 0 saturated heterocycles. The first-order valence-corrected chi connectivity index (χ1v) is 17.9. The summed E-state index contributed by atoms with van der Waals surface area (Å²) in [4.78, 5) is 0. The molecule has 0 bridgehead atoms. The highest BCUT2D eigenvalue weighted by molar-refractivity contribution is 5.73. The Labute approximate surface area is 284 Å². The van der Waals surface area contributed by atoms with Gasteiger partial charge in [-0.1, -0.05) is 128 Å². The first kappa shape index (κ1) is 37.6. The smallest absolute Gasteiger partial charge is 0.203 e. The van der Waals surface area contributed by atoms with Crippen molar-refractivity contribution in [2.45, 2.75) is 104 Å². The molecular formula is C42H58O5. The summed E-state index contributed by atoms with van der Waals surface area (Å²) in [6.07, 6.45) is 19.7. The molecule has 0 heterocycles. The molecule has 0 aliphatic heterocycles. The second kappa shape index (κ2) is 22.6. The third-order valence-corrected chi connectivity index (χ3v) is 8.07. The van der Waals surface area contributed by atoms with Crippen LogP contribution < -0.4 is 23.7 Å². The largest absolute Gasteiger partial charge is 0.496 e. The first-order valence-electron chi connectivity index (χ1n) is 17.9. The van der Waals surface area contributed by atoms with E-state index in [9.17, 15) is 0 Å². The van der Waals surface area contributed by atoms with Crippen LogP contribution in [0.15, 0.2) is 61.2 Å². The fourth-order valence-electron chi connectivity index (χ4n) is 5.22. The minimum absolute atomic E-state index is 0.369. The van der Waals surface area contributed by atoms with Crippen LogP contribution in [0.1, 0.15) is 120 Å². The van der Waals surface area contributed by atoms with Crippen LogP contribution in [0.4, 0.5) is 0 Å². The van der Waals surface area contributed by atoms with Gasteiger partial charge in [0.1, 0.15) is 18.1 Å². The maximum absolute atomic E-state index is 6.39. The fraction of sp³-hybridized carbons (Fsp3) is 0.476. The van der Waals surface area contributed by atoms with Crippen LogP contribution in [-0.2, 0) is 6.61 Å². The van der Waals surface area contributed by atoms with Crippen molar-refractivity contribution in [2.24, 2.45) is 0 Å². The van der Waals surface area contributed by atoms with E-state index in [4.69, 9.17) is 23.7 Å². The summed E-state index contributed by atoms with van der Waals surface area (Å²) in [6, 6.07) is 18.3. The molecule has 0 aliphatic rings. The number of unbranched alkanes of at least 4 members (excludes halogenated alkanes) is 9. The van der Waals surface area contributed by atoms with Crippen LogP contribution in [0.2, 0.25) is 0 Å². The lowest BCUT2D eigenvalue weighted by Crippen LogP contribution is -2.08. The Morgan fingerprint density at radius 2 is 1.11 bits per heavy atom. The maximum Gasteiger partial charge on any atom is 0.203 e. The summed E-state index contributed by atoms with van der Waals surface area (Å²) < 4.78 is 31.2. The average molecular weight is 643 g/mol. The SMILES string of the molecule is C=Cc1ccc(C=Cc2cc(OCc3cc(OCCCCCC)c(OCCCCCC)c(OCCCCCC)c3)ccc2OC)cc1. The Morgan fingerprint density at radius 1 is 0.553 bits per heavy atom. The van der Waals surface area contributed by atoms with Crippen molar-refractivity contribution in [3.05, 3.63) is 83.4 Å². The van der Waals surface area contributed by atoms with E-state index in [-0.39, 0.29) is 0 Å². The Morgan fingerprint density at radius 3 is 1.64 bits per heavy atom. The predicted molar refractivity (Wildman–Crippen MR) is 198 cm³/mol. The molecular weight excluding hydrogens is 584 g/mol. The van der Waals surface area contributed by atoms with Gasteiger partial charge in [-0.2, -0.15) is 0 Å². The molecule has 0 fully saturated rings. The molecule has 47 heavy (non-hydrogen) atoms. The zero-order valence-corrected chi connectivity index (χ0v) is 29.5. The van der Waals surface area contributed by atoms with Crippen LogP contribution >= 0.6 is 0 Å². The van der Waals surface area contributed by atoms with Crippen LogP contribution in [-0.4, -0.2) is 26.9 Å². The quantitative estimate of drug-likeness (QED) is 0.0680. The zero-order chi connectivity index (χ0) is 33.5. The minimum atomic E-state index is 0.369. The van der Waals surface area contributed by atoms with Crippen molar-refractivity contribution >= 4 is 18.2 Å². The van der Waals surface area contributed by atoms with Gasteiger partial charge in [0.25, 0.3) is 0 Å². The molecule has 5 nitrogen and oxygen atoms in total. The van der Waals surface area contributed by atoms with E-state index in [0.717, 1.165) is 83.8 Å². The van der Waals surface area contributed by atoms with Gasteiger partial charge in [-0.25, -0.2) is 0 Å². The highest BCUT2D eigenvalue weighted by atomic mass is 16.5. The Kier molecular flexibility index (Phi) is 18.1. The Balaban J connectivity index is 1.82. The molecule has 0 atom stereocenters. The summed E-state index contributed by atoms with van der Waals surface area (Å²) in [6.45, 7) is 12.8. The van der Waals surface area contributed by atoms with Crippen molar-refractivity contribution in [1.82, 2.24) is 0 Å². The van der Waals surface area contributed by atoms with Crippen LogP contribution in [0.25, 0.3) is 18.2 Å². The molecule has 0 N–H and O–H groups in total. The number of ether oxygens (including phenoxy) is 5. The Bertz CT molecular complexity index is 1290. The lowest BCUT2D eigenvalue weighted by Gasteiger charge is -2.19. The lowest BCUT2D eigenvalue weighted by atomic mass is 10.1. The monoisotopic (exact) mass is 642 g/mol. The van der Waals surface area contributed by atoms with Crippen LogP contribution in [0, 0.1) is 0 Å². The van der Waals surface area contributed by atoms with E-state index >= 15 is 0 Å². The van der Waals surface area contributed by atoms with Crippen molar-refractivity contribution in [3.8, 4) is 28.7 Å². The molecule has 3 aromatic rings. The topological polar surface area (TPSA) is 46.2 Å². The maximum atomic E-state index is 6.39. The zero-order valence-electron chi connectivity index (χ0n) is 29.5. The highest BCUT2D eigenvalue weighted by Gasteiger charge is 2.17. The predicted octanol–water partition coefficient (Wildman–Crippen LogP) is 12.0. The van der Waals surface area contributed by atoms with Gasteiger partial charge in [-0.3, -0.25) is 0 Å². The van der Waals surface area contributed by atoms with E-state index in [0.29, 0.717) is 32.2 Å². The molecule has 0 aromatic heterocycles. The molecule has 0 amide bonds. The summed E-state index contributed by atoms with van der Waals surface area (Å²) >= 11 is 0. The van der Waals surface area contributed by atoms with Crippen LogP contribution in [0.5, 0.6) is 28.7 Å². The second-order valence-electron chi connectivity index (χ2n) is 12.0. The molecule has 0 radical (unpaired) electrons. The van der Waals surface area contributed by atoms with Gasteiger partial charge in [0.2, 0.25) is 5.75 Å². The number of rotatable bonds is 25. The molecule has 3 rings (SSSR count). The van der Waals surface area contributed by atoms with E-state index in [1.165, 1.54) is 38.5 Å². The second-order valence-corrected chi connectivity index (χ2v) is 12.0. The molecule has 0 aliphatic carbocycles. The third-order valence-electron chi connectivity index (χ3n) is 8.07. The van der Waals surface area contributed by atoms with Gasteiger partial charge in [0.15, 0.2) is 11.5 Å². The Hall–Kier alpha value is -3.86. The average Bonchev–Trinajstić information content (AvgIpc) is 3.10. The van der Waals surface area contributed by atoms with Gasteiger partial charge in [-0.15, -0.1) is 0 Å². The van der Waals surface area contributed by atoms with E-state index in [1.54, 1.807) is 7.11 Å². The number of hydrogen-bond acceptors (Lipinski definition) is 5.